The fraction of sp³-hybridized carbons (Fsp3) is 0.250. The molecule has 0 spiro atoms. The Morgan fingerprint density at radius 3 is 2.46 bits per heavy atom. The molecule has 2 aromatic carbocycles. The molecule has 1 atom stereocenters. The first kappa shape index (κ1) is 19.6. The number of nitrogens with zero attached hydrogens (tertiary/aromatic N) is 1. The van der Waals surface area contributed by atoms with Gasteiger partial charge in [0, 0.05) is 12.1 Å². The Bertz CT molecular complexity index is 933. The number of hydrogen-bond donors (Lipinski definition) is 2. The number of benzene rings is 2. The van der Waals surface area contributed by atoms with Crippen LogP contribution >= 0.6 is 0 Å². The lowest BCUT2D eigenvalue weighted by atomic mass is 10.1. The predicted molar refractivity (Wildman–Crippen MR) is 94.3 cm³/mol. The summed E-state index contributed by atoms with van der Waals surface area (Å²) in [6, 6.07) is 7.41. The zero-order valence-electron chi connectivity index (χ0n) is 14.3. The molecular formula is C16H18FN3O5S. The van der Waals surface area contributed by atoms with Crippen molar-refractivity contribution >= 4 is 21.4 Å². The summed E-state index contributed by atoms with van der Waals surface area (Å²) in [6.07, 6.45) is 0. The molecule has 2 aromatic rings. The average molecular weight is 383 g/mol. The van der Waals surface area contributed by atoms with E-state index in [9.17, 15) is 22.9 Å². The number of nitro groups is 1. The number of hydrogen-bond acceptors (Lipinski definition) is 6. The Morgan fingerprint density at radius 2 is 1.92 bits per heavy atom. The molecule has 10 heteroatoms. The van der Waals surface area contributed by atoms with Gasteiger partial charge in [-0.1, -0.05) is 6.07 Å². The summed E-state index contributed by atoms with van der Waals surface area (Å²) in [5, 5.41) is 14.2. The van der Waals surface area contributed by atoms with E-state index >= 15 is 0 Å². The van der Waals surface area contributed by atoms with E-state index in [1.165, 1.54) is 38.4 Å². The zero-order chi connectivity index (χ0) is 19.5. The third kappa shape index (κ3) is 4.09. The van der Waals surface area contributed by atoms with E-state index < -0.39 is 32.5 Å². The average Bonchev–Trinajstić information content (AvgIpc) is 2.61. The number of nitro benzene ring substituents is 1. The summed E-state index contributed by atoms with van der Waals surface area (Å²) in [6.45, 7) is 1.70. The molecule has 0 radical (unpaired) electrons. The van der Waals surface area contributed by atoms with Crippen LogP contribution in [0, 0.1) is 15.9 Å². The van der Waals surface area contributed by atoms with Gasteiger partial charge in [0.05, 0.1) is 16.9 Å². The Hall–Kier alpha value is -2.72. The van der Waals surface area contributed by atoms with Crippen LogP contribution in [-0.2, 0) is 10.0 Å². The summed E-state index contributed by atoms with van der Waals surface area (Å²) in [5.41, 5.74) is 0.264. The molecule has 26 heavy (non-hydrogen) atoms. The smallest absolute Gasteiger partial charge is 0.293 e. The molecule has 8 nitrogen and oxygen atoms in total. The highest BCUT2D eigenvalue weighted by Gasteiger charge is 2.22. The quantitative estimate of drug-likeness (QED) is 0.562. The second-order valence-corrected chi connectivity index (χ2v) is 7.29. The Labute approximate surface area is 150 Å². The number of rotatable bonds is 7. The molecule has 0 aromatic heterocycles. The van der Waals surface area contributed by atoms with Gasteiger partial charge in [0.2, 0.25) is 10.0 Å². The lowest BCUT2D eigenvalue weighted by molar-refractivity contribution is -0.384. The maximum absolute atomic E-state index is 13.8. The highest BCUT2D eigenvalue weighted by molar-refractivity contribution is 7.89. The Kier molecular flexibility index (Phi) is 5.78. The van der Waals surface area contributed by atoms with E-state index in [2.05, 4.69) is 10.0 Å². The van der Waals surface area contributed by atoms with E-state index in [0.717, 1.165) is 6.07 Å². The van der Waals surface area contributed by atoms with Gasteiger partial charge in [0.25, 0.3) is 5.69 Å². The van der Waals surface area contributed by atoms with E-state index in [0.29, 0.717) is 5.56 Å². The van der Waals surface area contributed by atoms with Crippen molar-refractivity contribution in [1.82, 2.24) is 4.72 Å². The molecule has 0 bridgehead atoms. The van der Waals surface area contributed by atoms with E-state index in [-0.39, 0.29) is 16.3 Å². The minimum absolute atomic E-state index is 0.0913. The summed E-state index contributed by atoms with van der Waals surface area (Å²) in [7, 11) is -1.24. The van der Waals surface area contributed by atoms with E-state index in [1.807, 2.05) is 0 Å². The van der Waals surface area contributed by atoms with Crippen molar-refractivity contribution in [2.75, 3.05) is 19.5 Å². The second-order valence-electron chi connectivity index (χ2n) is 5.40. The van der Waals surface area contributed by atoms with Gasteiger partial charge in [0.15, 0.2) is 11.6 Å². The number of anilines is 1. The molecular weight excluding hydrogens is 365 g/mol. The predicted octanol–water partition coefficient (Wildman–Crippen LogP) is 2.82. The molecule has 0 fully saturated rings. The van der Waals surface area contributed by atoms with Crippen molar-refractivity contribution in [2.45, 2.75) is 17.9 Å². The molecule has 0 unspecified atom stereocenters. The Balaban J connectivity index is 2.36. The van der Waals surface area contributed by atoms with Gasteiger partial charge in [-0.05, 0) is 43.8 Å². The van der Waals surface area contributed by atoms with Crippen LogP contribution in [0.25, 0.3) is 0 Å². The summed E-state index contributed by atoms with van der Waals surface area (Å²) in [4.78, 5) is 10.4. The highest BCUT2D eigenvalue weighted by atomic mass is 32.2. The highest BCUT2D eigenvalue weighted by Crippen LogP contribution is 2.31. The van der Waals surface area contributed by atoms with Gasteiger partial charge >= 0.3 is 0 Å². The molecule has 0 aliphatic heterocycles. The number of halogens is 1. The van der Waals surface area contributed by atoms with Crippen molar-refractivity contribution < 1.29 is 22.5 Å². The SMILES string of the molecule is CNS(=O)(=O)c1ccc(N[C@@H](C)c2ccc(OC)c(F)c2)c([N+](=O)[O-])c1. The van der Waals surface area contributed by atoms with Crippen LogP contribution in [0.2, 0.25) is 0 Å². The monoisotopic (exact) mass is 383 g/mol. The van der Waals surface area contributed by atoms with Crippen LogP contribution in [-0.4, -0.2) is 27.5 Å². The lowest BCUT2D eigenvalue weighted by Gasteiger charge is -2.17. The van der Waals surface area contributed by atoms with Crippen LogP contribution in [0.4, 0.5) is 15.8 Å². The molecule has 2 rings (SSSR count). The van der Waals surface area contributed by atoms with E-state index in [1.54, 1.807) is 13.0 Å². The van der Waals surface area contributed by atoms with Crippen LogP contribution in [0.3, 0.4) is 0 Å². The maximum Gasteiger partial charge on any atom is 0.293 e. The second kappa shape index (κ2) is 7.67. The first-order valence-corrected chi connectivity index (χ1v) is 9.00. The standard InChI is InChI=1S/C16H18FN3O5S/c1-10(11-4-7-16(25-3)13(17)8-11)19-14-6-5-12(26(23,24)18-2)9-15(14)20(21)22/h4-10,18-19H,1-3H3/t10-/m0/s1. The number of nitrogens with one attached hydrogen (secondary N) is 2. The minimum atomic E-state index is -3.81. The van der Waals surface area contributed by atoms with Gasteiger partial charge in [0.1, 0.15) is 5.69 Å². The molecule has 0 aliphatic carbocycles. The van der Waals surface area contributed by atoms with Crippen LogP contribution < -0.4 is 14.8 Å². The van der Waals surface area contributed by atoms with Crippen molar-refractivity contribution in [3.63, 3.8) is 0 Å². The molecule has 2 N–H and O–H groups in total. The van der Waals surface area contributed by atoms with Crippen molar-refractivity contribution in [2.24, 2.45) is 0 Å². The maximum atomic E-state index is 13.8. The van der Waals surface area contributed by atoms with Crippen LogP contribution in [0.15, 0.2) is 41.3 Å². The topological polar surface area (TPSA) is 111 Å². The van der Waals surface area contributed by atoms with Gasteiger partial charge in [-0.3, -0.25) is 10.1 Å². The first-order valence-electron chi connectivity index (χ1n) is 7.51. The summed E-state index contributed by atoms with van der Waals surface area (Å²) in [5.74, 6) is -0.461. The number of ether oxygens (including phenoxy) is 1. The van der Waals surface area contributed by atoms with Gasteiger partial charge in [-0.2, -0.15) is 0 Å². The zero-order valence-corrected chi connectivity index (χ0v) is 15.1. The van der Waals surface area contributed by atoms with Crippen molar-refractivity contribution in [1.29, 1.82) is 0 Å². The van der Waals surface area contributed by atoms with E-state index in [4.69, 9.17) is 4.74 Å². The third-order valence-corrected chi connectivity index (χ3v) is 5.20. The Morgan fingerprint density at radius 1 is 1.23 bits per heavy atom. The van der Waals surface area contributed by atoms with Crippen LogP contribution in [0.1, 0.15) is 18.5 Å². The molecule has 0 saturated heterocycles. The first-order chi connectivity index (χ1) is 12.2. The number of methoxy groups -OCH3 is 1. The fourth-order valence-electron chi connectivity index (χ4n) is 2.34. The molecule has 0 saturated carbocycles. The minimum Gasteiger partial charge on any atom is -0.494 e. The molecule has 0 aliphatic rings. The van der Waals surface area contributed by atoms with Gasteiger partial charge < -0.3 is 10.1 Å². The van der Waals surface area contributed by atoms with Gasteiger partial charge in [-0.25, -0.2) is 17.5 Å². The molecule has 0 amide bonds. The normalized spacial score (nSPS) is 12.5. The number of sulfonamides is 1. The molecule has 0 heterocycles. The van der Waals surface area contributed by atoms with Crippen molar-refractivity contribution in [3.05, 3.63) is 57.9 Å². The largest absolute Gasteiger partial charge is 0.494 e. The third-order valence-electron chi connectivity index (χ3n) is 3.79. The summed E-state index contributed by atoms with van der Waals surface area (Å²) < 4.78 is 44.4. The fourth-order valence-corrected chi connectivity index (χ4v) is 3.09. The lowest BCUT2D eigenvalue weighted by Crippen LogP contribution is -2.19. The van der Waals surface area contributed by atoms with Crippen molar-refractivity contribution in [3.8, 4) is 5.75 Å². The van der Waals surface area contributed by atoms with Crippen LogP contribution in [0.5, 0.6) is 5.75 Å². The molecule has 140 valence electrons. The summed E-state index contributed by atoms with van der Waals surface area (Å²) >= 11 is 0. The van der Waals surface area contributed by atoms with Gasteiger partial charge in [-0.15, -0.1) is 0 Å².